The van der Waals surface area contributed by atoms with Gasteiger partial charge in [-0.25, -0.2) is 0 Å². The summed E-state index contributed by atoms with van der Waals surface area (Å²) in [6.07, 6.45) is 0.398. The maximum Gasteiger partial charge on any atom is 0.308 e. The highest BCUT2D eigenvalue weighted by Gasteiger charge is 2.22. The number of rotatable bonds is 7. The van der Waals surface area contributed by atoms with Crippen LogP contribution in [0, 0.1) is 5.92 Å². The van der Waals surface area contributed by atoms with Crippen molar-refractivity contribution in [3.05, 3.63) is 56.7 Å². The molecule has 2 N–H and O–H groups in total. The molecule has 0 aliphatic rings. The van der Waals surface area contributed by atoms with Crippen molar-refractivity contribution in [2.24, 2.45) is 5.92 Å². The molecular formula is C17H18BrNO3S. The summed E-state index contributed by atoms with van der Waals surface area (Å²) < 4.78 is 0.972. The second-order valence-electron chi connectivity index (χ2n) is 5.33. The lowest BCUT2D eigenvalue weighted by Crippen LogP contribution is -2.36. The first-order chi connectivity index (χ1) is 11.0. The fourth-order valence-corrected chi connectivity index (χ4v) is 3.69. The van der Waals surface area contributed by atoms with E-state index in [4.69, 9.17) is 0 Å². The van der Waals surface area contributed by atoms with Gasteiger partial charge in [0, 0.05) is 11.4 Å². The number of hydrogen-bond donors (Lipinski definition) is 2. The molecule has 1 amide bonds. The third-order valence-corrected chi connectivity index (χ3v) is 5.42. The predicted molar refractivity (Wildman–Crippen MR) is 94.7 cm³/mol. The highest BCUT2D eigenvalue weighted by molar-refractivity contribution is 9.11. The van der Waals surface area contributed by atoms with Gasteiger partial charge in [0.05, 0.1) is 15.6 Å². The Labute approximate surface area is 147 Å². The number of thiophene rings is 1. The number of hydrogen-bond acceptors (Lipinski definition) is 3. The van der Waals surface area contributed by atoms with Crippen LogP contribution in [0.3, 0.4) is 0 Å². The first-order valence-electron chi connectivity index (χ1n) is 7.27. The Morgan fingerprint density at radius 3 is 2.48 bits per heavy atom. The van der Waals surface area contributed by atoms with Gasteiger partial charge in [0.25, 0.3) is 0 Å². The Morgan fingerprint density at radius 1 is 1.22 bits per heavy atom. The van der Waals surface area contributed by atoms with Gasteiger partial charge in [-0.3, -0.25) is 9.59 Å². The summed E-state index contributed by atoms with van der Waals surface area (Å²) in [4.78, 5) is 24.6. The zero-order valence-electron chi connectivity index (χ0n) is 12.7. The fraction of sp³-hybridized carbons (Fsp3) is 0.294. The summed E-state index contributed by atoms with van der Waals surface area (Å²) in [6, 6.07) is 13.2. The van der Waals surface area contributed by atoms with Gasteiger partial charge in [-0.2, -0.15) is 0 Å². The number of carboxylic acid groups (broad SMARTS) is 1. The van der Waals surface area contributed by atoms with Crippen LogP contribution in [0.5, 0.6) is 0 Å². The average Bonchev–Trinajstić information content (AvgIpc) is 2.97. The Morgan fingerprint density at radius 2 is 1.91 bits per heavy atom. The normalized spacial score (nSPS) is 13.3. The Kier molecular flexibility index (Phi) is 6.36. The number of aliphatic carboxylic acids is 1. The molecular weight excluding hydrogens is 378 g/mol. The number of benzene rings is 1. The number of carbonyl (C=O) groups is 2. The van der Waals surface area contributed by atoms with Crippen molar-refractivity contribution in [1.29, 1.82) is 0 Å². The largest absolute Gasteiger partial charge is 0.481 e. The van der Waals surface area contributed by atoms with E-state index in [1.807, 2.05) is 49.4 Å². The minimum atomic E-state index is -0.902. The molecule has 23 heavy (non-hydrogen) atoms. The van der Waals surface area contributed by atoms with Crippen molar-refractivity contribution in [1.82, 2.24) is 5.32 Å². The van der Waals surface area contributed by atoms with Gasteiger partial charge >= 0.3 is 5.97 Å². The molecule has 0 saturated heterocycles. The molecule has 1 aromatic carbocycles. The van der Waals surface area contributed by atoms with E-state index < -0.39 is 11.9 Å². The minimum Gasteiger partial charge on any atom is -0.481 e. The van der Waals surface area contributed by atoms with E-state index in [-0.39, 0.29) is 18.4 Å². The second kappa shape index (κ2) is 8.26. The summed E-state index contributed by atoms with van der Waals surface area (Å²) in [5.74, 6) is -1.99. The average molecular weight is 396 g/mol. The van der Waals surface area contributed by atoms with Crippen molar-refractivity contribution in [3.8, 4) is 0 Å². The van der Waals surface area contributed by atoms with Gasteiger partial charge in [0.15, 0.2) is 0 Å². The molecule has 2 aromatic rings. The molecule has 2 unspecified atom stereocenters. The first-order valence-corrected chi connectivity index (χ1v) is 8.88. The lowest BCUT2D eigenvalue weighted by molar-refractivity contribution is -0.141. The van der Waals surface area contributed by atoms with Crippen LogP contribution in [0.25, 0.3) is 0 Å². The first kappa shape index (κ1) is 17.7. The second-order valence-corrected chi connectivity index (χ2v) is 7.83. The van der Waals surface area contributed by atoms with Crippen molar-refractivity contribution >= 4 is 39.1 Å². The zero-order chi connectivity index (χ0) is 16.8. The molecule has 6 heteroatoms. The third kappa shape index (κ3) is 5.18. The van der Waals surface area contributed by atoms with Gasteiger partial charge in [0.1, 0.15) is 0 Å². The summed E-state index contributed by atoms with van der Waals surface area (Å²) in [7, 11) is 0. The molecule has 122 valence electrons. The van der Waals surface area contributed by atoms with Crippen LogP contribution >= 0.6 is 27.3 Å². The van der Waals surface area contributed by atoms with Crippen molar-refractivity contribution < 1.29 is 14.7 Å². The molecule has 0 aliphatic heterocycles. The van der Waals surface area contributed by atoms with Gasteiger partial charge in [0.2, 0.25) is 5.91 Å². The van der Waals surface area contributed by atoms with Gasteiger partial charge < -0.3 is 10.4 Å². The lowest BCUT2D eigenvalue weighted by atomic mass is 9.99. The third-order valence-electron chi connectivity index (χ3n) is 3.61. The molecule has 2 rings (SSSR count). The molecule has 1 aromatic heterocycles. The van der Waals surface area contributed by atoms with Crippen LogP contribution in [-0.4, -0.2) is 23.5 Å². The van der Waals surface area contributed by atoms with E-state index in [1.165, 1.54) is 11.3 Å². The van der Waals surface area contributed by atoms with Crippen LogP contribution in [0.2, 0.25) is 0 Å². The molecule has 0 bridgehead atoms. The van der Waals surface area contributed by atoms with E-state index in [1.54, 1.807) is 0 Å². The number of carboxylic acids is 1. The maximum absolute atomic E-state index is 12.2. The van der Waals surface area contributed by atoms with Crippen LogP contribution in [0.4, 0.5) is 0 Å². The SMILES string of the molecule is CC(C(=O)NCC(Cc1ccccc1)C(=O)O)c1ccc(Br)s1. The minimum absolute atomic E-state index is 0.125. The molecule has 1 heterocycles. The van der Waals surface area contributed by atoms with Crippen molar-refractivity contribution in [2.75, 3.05) is 6.54 Å². The Balaban J connectivity index is 1.93. The van der Waals surface area contributed by atoms with Crippen molar-refractivity contribution in [2.45, 2.75) is 19.3 Å². The van der Waals surface area contributed by atoms with Gasteiger partial charge in [-0.1, -0.05) is 30.3 Å². The van der Waals surface area contributed by atoms with E-state index in [0.29, 0.717) is 6.42 Å². The van der Waals surface area contributed by atoms with Gasteiger partial charge in [-0.15, -0.1) is 11.3 Å². The number of carbonyl (C=O) groups excluding carboxylic acids is 1. The number of halogens is 1. The smallest absolute Gasteiger partial charge is 0.308 e. The molecule has 0 spiro atoms. The Hall–Kier alpha value is -1.66. The Bertz CT molecular complexity index is 671. The van der Waals surface area contributed by atoms with Crippen LogP contribution < -0.4 is 5.32 Å². The van der Waals surface area contributed by atoms with Crippen LogP contribution in [-0.2, 0) is 16.0 Å². The zero-order valence-corrected chi connectivity index (χ0v) is 15.1. The highest BCUT2D eigenvalue weighted by Crippen LogP contribution is 2.28. The molecule has 0 aliphatic carbocycles. The molecule has 0 radical (unpaired) electrons. The fourth-order valence-electron chi connectivity index (χ4n) is 2.21. The predicted octanol–water partition coefficient (Wildman–Crippen LogP) is 3.67. The standard InChI is InChI=1S/C17H18BrNO3S/c1-11(14-7-8-15(18)23-14)16(20)19-10-13(17(21)22)9-12-5-3-2-4-6-12/h2-8,11,13H,9-10H2,1H3,(H,19,20)(H,21,22). The quantitative estimate of drug-likeness (QED) is 0.751. The van der Waals surface area contributed by atoms with E-state index in [2.05, 4.69) is 21.2 Å². The van der Waals surface area contributed by atoms with Crippen LogP contribution in [0.15, 0.2) is 46.3 Å². The topological polar surface area (TPSA) is 66.4 Å². The monoisotopic (exact) mass is 395 g/mol. The van der Waals surface area contributed by atoms with E-state index in [9.17, 15) is 14.7 Å². The number of nitrogens with one attached hydrogen (secondary N) is 1. The summed E-state index contributed by atoms with van der Waals surface area (Å²) in [6.45, 7) is 1.94. The lowest BCUT2D eigenvalue weighted by Gasteiger charge is -2.16. The van der Waals surface area contributed by atoms with Crippen LogP contribution in [0.1, 0.15) is 23.3 Å². The van der Waals surface area contributed by atoms with Gasteiger partial charge in [-0.05, 0) is 47.0 Å². The summed E-state index contributed by atoms with van der Waals surface area (Å²) in [5, 5.41) is 12.1. The van der Waals surface area contributed by atoms with E-state index in [0.717, 1.165) is 14.2 Å². The molecule has 0 saturated carbocycles. The molecule has 4 nitrogen and oxygen atoms in total. The maximum atomic E-state index is 12.2. The molecule has 0 fully saturated rings. The number of amides is 1. The van der Waals surface area contributed by atoms with E-state index >= 15 is 0 Å². The molecule has 2 atom stereocenters. The highest BCUT2D eigenvalue weighted by atomic mass is 79.9. The summed E-state index contributed by atoms with van der Waals surface area (Å²) >= 11 is 4.88. The summed E-state index contributed by atoms with van der Waals surface area (Å²) in [5.41, 5.74) is 0.949. The van der Waals surface area contributed by atoms with Crippen molar-refractivity contribution in [3.63, 3.8) is 0 Å².